The summed E-state index contributed by atoms with van der Waals surface area (Å²) in [5, 5.41) is 50.8. The van der Waals surface area contributed by atoms with Crippen LogP contribution < -0.4 is 26.0 Å². The predicted octanol–water partition coefficient (Wildman–Crippen LogP) is 1.40. The molecule has 1 aromatic carbocycles. The van der Waals surface area contributed by atoms with Gasteiger partial charge in [-0.1, -0.05) is 44.2 Å². The second-order valence-corrected chi connectivity index (χ2v) is 13.7. The fourth-order valence-corrected chi connectivity index (χ4v) is 6.15. The molecule has 17 nitrogen and oxygen atoms in total. The van der Waals surface area contributed by atoms with Crippen LogP contribution in [0.25, 0.3) is 0 Å². The van der Waals surface area contributed by atoms with Gasteiger partial charge in [-0.15, -0.1) is 0 Å². The summed E-state index contributed by atoms with van der Waals surface area (Å²) in [6.45, 7) is 11.4. The first-order chi connectivity index (χ1) is 25.7. The second kappa shape index (κ2) is 18.2. The topological polar surface area (TPSA) is 261 Å². The van der Waals surface area contributed by atoms with Crippen LogP contribution in [0.15, 0.2) is 59.4 Å². The number of Topliss-reactive ketones (excluding diaryl/α,β-unsaturated/α-hetero) is 1. The Bertz CT molecular complexity index is 1870. The normalized spacial score (nSPS) is 24.8. The van der Waals surface area contributed by atoms with Gasteiger partial charge in [0.05, 0.1) is 16.3 Å². The lowest BCUT2D eigenvalue weighted by Crippen LogP contribution is -2.65. The number of aromatic hydroxyl groups is 1. The maximum Gasteiger partial charge on any atom is 0.332 e. The number of nitrogens with zero attached hydrogens (tertiary/aromatic N) is 1. The van der Waals surface area contributed by atoms with E-state index in [0.717, 1.165) is 4.90 Å². The van der Waals surface area contributed by atoms with E-state index in [-0.39, 0.29) is 47.0 Å². The Balaban J connectivity index is 2.11. The highest BCUT2D eigenvalue weighted by atomic mass is 35.5. The number of carboxylic acids is 2. The molecule has 18 heteroatoms. The number of benzene rings is 1. The summed E-state index contributed by atoms with van der Waals surface area (Å²) in [6, 6.07) is -3.31. The second-order valence-electron chi connectivity index (χ2n) is 13.3. The van der Waals surface area contributed by atoms with Crippen molar-refractivity contribution in [3.8, 4) is 11.5 Å². The monoisotopic (exact) mass is 787 g/mol. The molecule has 1 unspecified atom stereocenters. The van der Waals surface area contributed by atoms with E-state index < -0.39 is 95.0 Å². The van der Waals surface area contributed by atoms with Crippen LogP contribution in [0.4, 0.5) is 0 Å². The highest BCUT2D eigenvalue weighted by Crippen LogP contribution is 2.41. The minimum absolute atomic E-state index is 0.0122. The molecule has 6 atom stereocenters. The summed E-state index contributed by atoms with van der Waals surface area (Å²) in [7, 11) is 1.41. The molecule has 3 rings (SSSR count). The van der Waals surface area contributed by atoms with Gasteiger partial charge >= 0.3 is 11.9 Å². The number of amides is 4. The summed E-state index contributed by atoms with van der Waals surface area (Å²) >= 11 is 6.33. The Labute approximate surface area is 322 Å². The largest absolute Gasteiger partial charge is 0.503 e. The average molecular weight is 788 g/mol. The summed E-state index contributed by atoms with van der Waals surface area (Å²) < 4.78 is 6.30. The highest BCUT2D eigenvalue weighted by Gasteiger charge is 2.47. The number of ketones is 1. The molecule has 0 saturated carbocycles. The van der Waals surface area contributed by atoms with Gasteiger partial charge in [-0.25, -0.2) is 9.59 Å². The molecule has 2 aliphatic heterocycles. The molecule has 0 spiro atoms. The lowest BCUT2D eigenvalue weighted by molar-refractivity contribution is -0.146. The van der Waals surface area contributed by atoms with Gasteiger partial charge in [0.15, 0.2) is 17.3 Å². The van der Waals surface area contributed by atoms with Crippen LogP contribution in [0.2, 0.25) is 5.02 Å². The number of allylic oxidation sites excluding steroid dienone is 2. The Morgan fingerprint density at radius 1 is 1.11 bits per heavy atom. The fraction of sp³-hybridized carbons (Fsp3) is 0.432. The van der Waals surface area contributed by atoms with Gasteiger partial charge in [0.25, 0.3) is 11.8 Å². The molecule has 2 aliphatic rings. The summed E-state index contributed by atoms with van der Waals surface area (Å²) in [5.74, 6) is -8.44. The van der Waals surface area contributed by atoms with Gasteiger partial charge in [0.1, 0.15) is 35.9 Å². The van der Waals surface area contributed by atoms with Crippen molar-refractivity contribution in [1.82, 2.24) is 26.2 Å². The minimum atomic E-state index is -1.72. The van der Waals surface area contributed by atoms with E-state index in [1.165, 1.54) is 52.1 Å². The molecule has 298 valence electrons. The van der Waals surface area contributed by atoms with Gasteiger partial charge in [0.2, 0.25) is 11.8 Å². The highest BCUT2D eigenvalue weighted by molar-refractivity contribution is 6.32. The van der Waals surface area contributed by atoms with E-state index in [0.29, 0.717) is 11.6 Å². The zero-order chi connectivity index (χ0) is 41.5. The summed E-state index contributed by atoms with van der Waals surface area (Å²) in [5.41, 5.74) is -2.18. The van der Waals surface area contributed by atoms with Crippen molar-refractivity contribution in [3.05, 3.63) is 69.9 Å². The smallest absolute Gasteiger partial charge is 0.332 e. The first-order valence-corrected chi connectivity index (χ1v) is 17.6. The van der Waals surface area contributed by atoms with Crippen molar-refractivity contribution in [2.75, 3.05) is 13.6 Å². The van der Waals surface area contributed by atoms with Crippen LogP contribution in [-0.2, 0) is 33.6 Å². The zero-order valence-electron chi connectivity index (χ0n) is 31.2. The van der Waals surface area contributed by atoms with Gasteiger partial charge in [-0.05, 0) is 69.5 Å². The number of rotatable bonds is 12. The zero-order valence-corrected chi connectivity index (χ0v) is 31.9. The summed E-state index contributed by atoms with van der Waals surface area (Å²) in [6.07, 6.45) is 1.05. The maximum atomic E-state index is 14.7. The van der Waals surface area contributed by atoms with E-state index in [9.17, 15) is 48.9 Å². The maximum absolute atomic E-state index is 14.7. The third-order valence-corrected chi connectivity index (χ3v) is 9.74. The van der Waals surface area contributed by atoms with Crippen LogP contribution >= 0.6 is 11.6 Å². The SMILES string of the molecule is C=C(C)[C@@H]1NC(=O)[C@@H](NC)[C@@H](O)c2cc(Cl)c(O)c(c2)O[C@](C)(CC)C(C(=O)N2CC=C[C@H]2C(=O)N/C(C(=O)C/C(=C/C(=O)O)C(=O)O)=C(\C)CC)NC1=O. The number of carboxylic acid groups (broad SMARTS) is 2. The predicted molar refractivity (Wildman–Crippen MR) is 198 cm³/mol. The Morgan fingerprint density at radius 3 is 2.31 bits per heavy atom. The molecule has 0 fully saturated rings. The molecule has 55 heavy (non-hydrogen) atoms. The third-order valence-electron chi connectivity index (χ3n) is 9.45. The van der Waals surface area contributed by atoms with Crippen molar-refractivity contribution < 1.29 is 58.7 Å². The Kier molecular flexibility index (Phi) is 14.5. The number of carbonyl (C=O) groups is 7. The molecule has 1 aromatic rings. The van der Waals surface area contributed by atoms with Gasteiger partial charge in [0, 0.05) is 19.0 Å². The van der Waals surface area contributed by atoms with Crippen LogP contribution in [0.5, 0.6) is 11.5 Å². The van der Waals surface area contributed by atoms with E-state index in [1.54, 1.807) is 13.8 Å². The van der Waals surface area contributed by atoms with Crippen molar-refractivity contribution >= 4 is 53.0 Å². The van der Waals surface area contributed by atoms with Crippen LogP contribution in [0, 0.1) is 0 Å². The quantitative estimate of drug-likeness (QED) is 0.110. The Morgan fingerprint density at radius 2 is 1.76 bits per heavy atom. The van der Waals surface area contributed by atoms with Crippen LogP contribution in [-0.4, -0.2) is 110 Å². The number of halogens is 1. The fourth-order valence-electron chi connectivity index (χ4n) is 5.93. The number of nitrogens with one attached hydrogen (secondary N) is 4. The number of carbonyl (C=O) groups excluding carboxylic acids is 5. The lowest BCUT2D eigenvalue weighted by Gasteiger charge is -2.40. The van der Waals surface area contributed by atoms with Crippen molar-refractivity contribution in [3.63, 3.8) is 0 Å². The number of hydrogen-bond donors (Lipinski definition) is 8. The molecular formula is C37H46ClN5O12. The number of fused-ring (bicyclic) bond motifs is 2. The summed E-state index contributed by atoms with van der Waals surface area (Å²) in [4.78, 5) is 93.1. The molecule has 0 aromatic heterocycles. The molecule has 8 N–H and O–H groups in total. The lowest BCUT2D eigenvalue weighted by atomic mass is 9.90. The number of aliphatic hydroxyl groups excluding tert-OH is 1. The Hall–Kier alpha value is -5.52. The molecule has 0 radical (unpaired) electrons. The molecular weight excluding hydrogens is 742 g/mol. The van der Waals surface area contributed by atoms with Crippen LogP contribution in [0.3, 0.4) is 0 Å². The molecule has 2 bridgehead atoms. The van der Waals surface area contributed by atoms with Crippen LogP contribution in [0.1, 0.15) is 65.5 Å². The van der Waals surface area contributed by atoms with E-state index in [2.05, 4.69) is 27.8 Å². The molecule has 0 saturated heterocycles. The van der Waals surface area contributed by atoms with Crippen molar-refractivity contribution in [1.29, 1.82) is 0 Å². The molecule has 0 aliphatic carbocycles. The van der Waals surface area contributed by atoms with Gasteiger partial charge in [-0.3, -0.25) is 24.0 Å². The first-order valence-electron chi connectivity index (χ1n) is 17.2. The number of likely N-dealkylation sites (N-methyl/N-ethyl adjacent to an activating group) is 1. The van der Waals surface area contributed by atoms with Gasteiger partial charge < -0.3 is 51.3 Å². The van der Waals surface area contributed by atoms with Crippen molar-refractivity contribution in [2.45, 2.75) is 89.8 Å². The van der Waals surface area contributed by atoms with E-state index in [4.69, 9.17) is 21.4 Å². The third kappa shape index (κ3) is 9.97. The number of ether oxygens (including phenoxy) is 1. The number of aliphatic hydroxyl groups is 1. The van der Waals surface area contributed by atoms with Crippen molar-refractivity contribution in [2.24, 2.45) is 0 Å². The molecule has 4 amide bonds. The first kappa shape index (κ1) is 43.9. The number of hydrogen-bond acceptors (Lipinski definition) is 11. The number of phenolic OH excluding ortho intramolecular Hbond substituents is 1. The minimum Gasteiger partial charge on any atom is -0.503 e. The standard InChI is InChI=1S/C37H46ClN5O12/c1-8-18(5)27(23(44)14-20(36(53)54)16-25(45)46)41-32(49)22-11-10-12-43(22)35(52)31-37(6,9-2)55-24-15-19(13-21(38)30(24)48)29(47)28(39-7)34(51)40-26(17(3)4)33(50)42-31/h10-11,13,15-16,22,26,28-29,31,39,47-48H,3,8-9,12,14H2,1-2,4-7H3,(H,40,51)(H,41,49)(H,42,50)(H,45,46)(H,53,54)/b20-16-,27-18+/t22-,26-,28-,29-,31?,37+/m0/s1. The average Bonchev–Trinajstić information content (AvgIpc) is 3.62. The van der Waals surface area contributed by atoms with E-state index in [1.807, 2.05) is 0 Å². The van der Waals surface area contributed by atoms with E-state index >= 15 is 0 Å². The molecule has 2 heterocycles. The van der Waals surface area contributed by atoms with Gasteiger partial charge in [-0.2, -0.15) is 0 Å². The number of phenols is 1. The number of aliphatic carboxylic acids is 2.